The van der Waals surface area contributed by atoms with Crippen molar-refractivity contribution in [1.29, 1.82) is 0 Å². The number of aliphatic imine (C=N–C) groups is 3. The molecule has 0 aromatic carbocycles. The molecule has 4 heteroatoms. The molecule has 0 atom stereocenters. The zero-order valence-corrected chi connectivity index (χ0v) is 13.6. The van der Waals surface area contributed by atoms with Gasteiger partial charge >= 0.3 is 0 Å². The van der Waals surface area contributed by atoms with Crippen molar-refractivity contribution in [2.45, 2.75) is 0 Å². The minimum atomic E-state index is 0.883. The van der Waals surface area contributed by atoms with Crippen molar-refractivity contribution in [3.05, 3.63) is 95.8 Å². The van der Waals surface area contributed by atoms with Crippen molar-refractivity contribution in [2.24, 2.45) is 15.0 Å². The van der Waals surface area contributed by atoms with Gasteiger partial charge < -0.3 is 4.98 Å². The molecule has 0 bridgehead atoms. The molecule has 0 saturated carbocycles. The SMILES string of the molecule is C=CC1=NC(=Cc2ccc(C=C3C=CC(C=C4C=CC=N4)=N3)[nH]2)C=C1. The lowest BCUT2D eigenvalue weighted by molar-refractivity contribution is 1.32. The van der Waals surface area contributed by atoms with Gasteiger partial charge in [0.05, 0.1) is 28.5 Å². The molecule has 3 aliphatic heterocycles. The number of H-pyrrole nitrogens is 1. The first kappa shape index (κ1) is 15.0. The van der Waals surface area contributed by atoms with Crippen LogP contribution in [0.1, 0.15) is 11.4 Å². The van der Waals surface area contributed by atoms with E-state index in [1.807, 2.05) is 66.8 Å². The monoisotopic (exact) mass is 324 g/mol. The highest BCUT2D eigenvalue weighted by atomic mass is 14.8. The van der Waals surface area contributed by atoms with Crippen LogP contribution in [-0.2, 0) is 0 Å². The van der Waals surface area contributed by atoms with Gasteiger partial charge in [-0.05, 0) is 72.9 Å². The lowest BCUT2D eigenvalue weighted by Gasteiger charge is -1.92. The van der Waals surface area contributed by atoms with Crippen LogP contribution in [0.15, 0.2) is 99.4 Å². The predicted molar refractivity (Wildman–Crippen MR) is 106 cm³/mol. The number of hydrogen-bond acceptors (Lipinski definition) is 3. The molecule has 4 rings (SSSR count). The van der Waals surface area contributed by atoms with Crippen molar-refractivity contribution in [3.8, 4) is 0 Å². The molecule has 0 unspecified atom stereocenters. The molecule has 25 heavy (non-hydrogen) atoms. The van der Waals surface area contributed by atoms with Gasteiger partial charge in [0, 0.05) is 17.6 Å². The second-order valence-corrected chi connectivity index (χ2v) is 5.66. The first-order valence-corrected chi connectivity index (χ1v) is 7.99. The van der Waals surface area contributed by atoms with E-state index in [-0.39, 0.29) is 0 Å². The summed E-state index contributed by atoms with van der Waals surface area (Å²) in [5.74, 6) is 0. The highest BCUT2D eigenvalue weighted by molar-refractivity contribution is 6.08. The molecule has 120 valence electrons. The minimum Gasteiger partial charge on any atom is -0.355 e. The van der Waals surface area contributed by atoms with Crippen LogP contribution < -0.4 is 0 Å². The summed E-state index contributed by atoms with van der Waals surface area (Å²) >= 11 is 0. The third-order valence-corrected chi connectivity index (χ3v) is 3.79. The Balaban J connectivity index is 1.50. The van der Waals surface area contributed by atoms with Crippen molar-refractivity contribution in [1.82, 2.24) is 4.98 Å². The Morgan fingerprint density at radius 3 is 2.04 bits per heavy atom. The van der Waals surface area contributed by atoms with Crippen molar-refractivity contribution < 1.29 is 0 Å². The van der Waals surface area contributed by atoms with Gasteiger partial charge in [-0.1, -0.05) is 6.58 Å². The zero-order valence-electron chi connectivity index (χ0n) is 13.6. The molecule has 0 saturated heterocycles. The van der Waals surface area contributed by atoms with Gasteiger partial charge in [0.1, 0.15) is 0 Å². The average Bonchev–Trinajstić information content (AvgIpc) is 3.38. The van der Waals surface area contributed by atoms with E-state index in [0.29, 0.717) is 0 Å². The highest BCUT2D eigenvalue weighted by Gasteiger charge is 2.05. The summed E-state index contributed by atoms with van der Waals surface area (Å²) in [7, 11) is 0. The van der Waals surface area contributed by atoms with E-state index in [2.05, 4.69) is 26.5 Å². The maximum Gasteiger partial charge on any atom is 0.0659 e. The second-order valence-electron chi connectivity index (χ2n) is 5.66. The van der Waals surface area contributed by atoms with Crippen LogP contribution >= 0.6 is 0 Å². The molecular formula is C21H16N4. The quantitative estimate of drug-likeness (QED) is 0.852. The summed E-state index contributed by atoms with van der Waals surface area (Å²) in [5.41, 5.74) is 6.52. The molecule has 0 spiro atoms. The van der Waals surface area contributed by atoms with Gasteiger partial charge in [0.2, 0.25) is 0 Å². The summed E-state index contributed by atoms with van der Waals surface area (Å²) in [5, 5.41) is 0. The van der Waals surface area contributed by atoms with E-state index in [0.717, 1.165) is 39.9 Å². The second kappa shape index (κ2) is 6.53. The molecule has 4 heterocycles. The number of aromatic amines is 1. The lowest BCUT2D eigenvalue weighted by atomic mass is 10.3. The fraction of sp³-hybridized carbons (Fsp3) is 0. The van der Waals surface area contributed by atoms with E-state index in [1.165, 1.54) is 0 Å². The summed E-state index contributed by atoms with van der Waals surface area (Å²) in [6, 6.07) is 4.05. The van der Waals surface area contributed by atoms with Crippen LogP contribution in [0.3, 0.4) is 0 Å². The van der Waals surface area contributed by atoms with E-state index >= 15 is 0 Å². The van der Waals surface area contributed by atoms with Crippen molar-refractivity contribution in [3.63, 3.8) is 0 Å². The first-order chi connectivity index (χ1) is 12.3. The topological polar surface area (TPSA) is 52.9 Å². The van der Waals surface area contributed by atoms with Crippen molar-refractivity contribution >= 4 is 29.8 Å². The third kappa shape index (κ3) is 3.53. The fourth-order valence-electron chi connectivity index (χ4n) is 2.61. The zero-order chi connectivity index (χ0) is 17.1. The van der Waals surface area contributed by atoms with Crippen LogP contribution in [0.4, 0.5) is 0 Å². The normalized spacial score (nSPS) is 22.6. The van der Waals surface area contributed by atoms with E-state index in [9.17, 15) is 0 Å². The van der Waals surface area contributed by atoms with Crippen LogP contribution in [-0.4, -0.2) is 22.6 Å². The third-order valence-electron chi connectivity index (χ3n) is 3.79. The van der Waals surface area contributed by atoms with Gasteiger partial charge in [-0.3, -0.25) is 4.99 Å². The average molecular weight is 324 g/mol. The number of aromatic nitrogens is 1. The number of hydrogen-bond donors (Lipinski definition) is 1. The summed E-state index contributed by atoms with van der Waals surface area (Å²) in [6.45, 7) is 3.72. The maximum absolute atomic E-state index is 4.58. The molecule has 1 N–H and O–H groups in total. The Labute approximate surface area is 146 Å². The van der Waals surface area contributed by atoms with Crippen LogP contribution in [0, 0.1) is 0 Å². The Bertz CT molecular complexity index is 984. The van der Waals surface area contributed by atoms with Gasteiger partial charge in [-0.15, -0.1) is 0 Å². The smallest absolute Gasteiger partial charge is 0.0659 e. The molecule has 1 aromatic rings. The number of nitrogens with zero attached hydrogens (tertiary/aromatic N) is 3. The molecule has 4 nitrogen and oxygen atoms in total. The summed E-state index contributed by atoms with van der Waals surface area (Å²) < 4.78 is 0. The largest absolute Gasteiger partial charge is 0.355 e. The van der Waals surface area contributed by atoms with Gasteiger partial charge in [0.15, 0.2) is 0 Å². The maximum atomic E-state index is 4.58. The minimum absolute atomic E-state index is 0.883. The van der Waals surface area contributed by atoms with Crippen molar-refractivity contribution in [2.75, 3.05) is 0 Å². The van der Waals surface area contributed by atoms with Gasteiger partial charge in [0.25, 0.3) is 0 Å². The number of nitrogens with one attached hydrogen (secondary N) is 1. The fourth-order valence-corrected chi connectivity index (χ4v) is 2.61. The van der Waals surface area contributed by atoms with E-state index < -0.39 is 0 Å². The molecule has 3 aliphatic rings. The van der Waals surface area contributed by atoms with Gasteiger partial charge in [-0.2, -0.15) is 0 Å². The molecule has 0 amide bonds. The predicted octanol–water partition coefficient (Wildman–Crippen LogP) is 4.43. The Kier molecular flexibility index (Phi) is 3.92. The Morgan fingerprint density at radius 2 is 1.44 bits per heavy atom. The number of rotatable bonds is 4. The number of allylic oxidation sites excluding steroid dienone is 8. The highest BCUT2D eigenvalue weighted by Crippen LogP contribution is 2.18. The van der Waals surface area contributed by atoms with Crippen LogP contribution in [0.2, 0.25) is 0 Å². The summed E-state index contributed by atoms with van der Waals surface area (Å²) in [4.78, 5) is 16.6. The van der Waals surface area contributed by atoms with Crippen LogP contribution in [0.5, 0.6) is 0 Å². The standard InChI is InChI=1S/C21H16N4/c1-2-15-5-6-18(23-15)13-19-9-10-21(25-19)14-20-8-7-17(24-20)12-16-4-3-11-22-16/h2-14,25H,1H2. The lowest BCUT2D eigenvalue weighted by Crippen LogP contribution is -1.84. The molecule has 1 aromatic heterocycles. The van der Waals surface area contributed by atoms with Gasteiger partial charge in [-0.25, -0.2) is 9.98 Å². The first-order valence-electron chi connectivity index (χ1n) is 7.99. The van der Waals surface area contributed by atoms with Crippen LogP contribution in [0.25, 0.3) is 12.2 Å². The molecular weight excluding hydrogens is 308 g/mol. The van der Waals surface area contributed by atoms with E-state index in [1.54, 1.807) is 12.3 Å². The molecule has 0 fully saturated rings. The Morgan fingerprint density at radius 1 is 0.760 bits per heavy atom. The Hall–Kier alpha value is -3.53. The summed E-state index contributed by atoms with van der Waals surface area (Å²) in [6.07, 6.45) is 21.3. The van der Waals surface area contributed by atoms with E-state index in [4.69, 9.17) is 0 Å². The molecule has 0 aliphatic carbocycles. The molecule has 0 radical (unpaired) electrons.